The van der Waals surface area contributed by atoms with Gasteiger partial charge >= 0.3 is 0 Å². The van der Waals surface area contributed by atoms with E-state index in [0.717, 1.165) is 28.4 Å². The fourth-order valence-electron chi connectivity index (χ4n) is 2.51. The molecule has 0 saturated carbocycles. The summed E-state index contributed by atoms with van der Waals surface area (Å²) >= 11 is 13.8. The van der Waals surface area contributed by atoms with Crippen LogP contribution in [0.2, 0.25) is 9.49 Å². The Labute approximate surface area is 126 Å². The van der Waals surface area contributed by atoms with E-state index in [1.165, 1.54) is 16.9 Å². The van der Waals surface area contributed by atoms with Crippen molar-refractivity contribution in [1.29, 1.82) is 0 Å². The summed E-state index contributed by atoms with van der Waals surface area (Å²) in [7, 11) is 0. The average Bonchev–Trinajstić information content (AvgIpc) is 2.75. The van der Waals surface area contributed by atoms with Crippen LogP contribution in [0.3, 0.4) is 0 Å². The van der Waals surface area contributed by atoms with Crippen LogP contribution in [0.1, 0.15) is 34.9 Å². The normalized spacial score (nSPS) is 18.2. The van der Waals surface area contributed by atoms with Gasteiger partial charge in [-0.2, -0.15) is 0 Å². The Morgan fingerprint density at radius 3 is 3.00 bits per heavy atom. The highest BCUT2D eigenvalue weighted by Gasteiger charge is 2.22. The van der Waals surface area contributed by atoms with Gasteiger partial charge in [-0.1, -0.05) is 23.2 Å². The first kappa shape index (κ1) is 13.2. The van der Waals surface area contributed by atoms with Crippen LogP contribution < -0.4 is 5.32 Å². The summed E-state index contributed by atoms with van der Waals surface area (Å²) in [6.07, 6.45) is 5.25. The molecule has 1 N–H and O–H groups in total. The number of rotatable bonds is 2. The Bertz CT molecular complexity index is 609. The molecule has 0 aromatic carbocycles. The van der Waals surface area contributed by atoms with Gasteiger partial charge in [-0.15, -0.1) is 11.3 Å². The van der Waals surface area contributed by atoms with Gasteiger partial charge in [0.2, 0.25) is 0 Å². The standard InChI is InChI=1S/C14H14Cl2N2S/c1-8-5-9(7-17-14(8)16)18-11-3-2-4-12-10(11)6-13(15)19-12/h5-7,11,18H,2-4H2,1H3. The van der Waals surface area contributed by atoms with Crippen LogP contribution in [-0.4, -0.2) is 4.98 Å². The molecule has 0 aliphatic heterocycles. The highest BCUT2D eigenvalue weighted by Crippen LogP contribution is 2.39. The second-order valence-electron chi connectivity index (χ2n) is 4.85. The van der Waals surface area contributed by atoms with Crippen molar-refractivity contribution in [2.24, 2.45) is 0 Å². The van der Waals surface area contributed by atoms with Crippen LogP contribution in [0.5, 0.6) is 0 Å². The summed E-state index contributed by atoms with van der Waals surface area (Å²) in [6.45, 7) is 1.97. The Balaban J connectivity index is 1.86. The average molecular weight is 313 g/mol. The molecular formula is C14H14Cl2N2S. The van der Waals surface area contributed by atoms with Gasteiger partial charge in [-0.25, -0.2) is 4.98 Å². The number of anilines is 1. The fraction of sp³-hybridized carbons (Fsp3) is 0.357. The second-order valence-corrected chi connectivity index (χ2v) is 6.98. The molecule has 19 heavy (non-hydrogen) atoms. The van der Waals surface area contributed by atoms with Crippen LogP contribution >= 0.6 is 34.5 Å². The van der Waals surface area contributed by atoms with E-state index < -0.39 is 0 Å². The predicted octanol–water partition coefficient (Wildman–Crippen LogP) is 5.25. The number of nitrogens with zero attached hydrogens (tertiary/aromatic N) is 1. The molecule has 2 nitrogen and oxygen atoms in total. The first-order chi connectivity index (χ1) is 9.13. The molecule has 0 amide bonds. The van der Waals surface area contributed by atoms with Gasteiger partial charge in [0, 0.05) is 4.88 Å². The van der Waals surface area contributed by atoms with Crippen molar-refractivity contribution in [3.05, 3.63) is 43.8 Å². The lowest BCUT2D eigenvalue weighted by Gasteiger charge is -2.24. The van der Waals surface area contributed by atoms with Crippen molar-refractivity contribution in [3.63, 3.8) is 0 Å². The molecule has 5 heteroatoms. The van der Waals surface area contributed by atoms with Gasteiger partial charge in [0.25, 0.3) is 0 Å². The monoisotopic (exact) mass is 312 g/mol. The molecule has 0 spiro atoms. The number of halogens is 2. The maximum Gasteiger partial charge on any atom is 0.132 e. The van der Waals surface area contributed by atoms with Gasteiger partial charge in [0.1, 0.15) is 5.15 Å². The number of pyridine rings is 1. The van der Waals surface area contributed by atoms with E-state index in [2.05, 4.69) is 16.4 Å². The summed E-state index contributed by atoms with van der Waals surface area (Å²) in [4.78, 5) is 5.59. The summed E-state index contributed by atoms with van der Waals surface area (Å²) < 4.78 is 0.879. The minimum atomic E-state index is 0.329. The Kier molecular flexibility index (Phi) is 3.70. The third-order valence-corrected chi connectivity index (χ3v) is 5.17. The van der Waals surface area contributed by atoms with Gasteiger partial charge in [-0.05, 0) is 49.4 Å². The molecule has 1 unspecified atom stereocenters. The van der Waals surface area contributed by atoms with Gasteiger partial charge in [0.05, 0.1) is 22.3 Å². The van der Waals surface area contributed by atoms with E-state index in [0.29, 0.717) is 11.2 Å². The Hall–Kier alpha value is -0.770. The van der Waals surface area contributed by atoms with Gasteiger partial charge in [0.15, 0.2) is 0 Å². The fourth-order valence-corrected chi connectivity index (χ4v) is 4.00. The van der Waals surface area contributed by atoms with Crippen LogP contribution in [0.15, 0.2) is 18.3 Å². The minimum absolute atomic E-state index is 0.329. The van der Waals surface area contributed by atoms with E-state index in [9.17, 15) is 0 Å². The van der Waals surface area contributed by atoms with Crippen LogP contribution in [0, 0.1) is 6.92 Å². The molecule has 0 fully saturated rings. The van der Waals surface area contributed by atoms with Crippen LogP contribution in [0.4, 0.5) is 5.69 Å². The zero-order valence-electron chi connectivity index (χ0n) is 10.5. The van der Waals surface area contributed by atoms with Crippen molar-refractivity contribution < 1.29 is 0 Å². The minimum Gasteiger partial charge on any atom is -0.377 e. The highest BCUT2D eigenvalue weighted by atomic mass is 35.5. The smallest absolute Gasteiger partial charge is 0.132 e. The molecule has 0 radical (unpaired) electrons. The van der Waals surface area contributed by atoms with Crippen molar-refractivity contribution in [2.45, 2.75) is 32.2 Å². The van der Waals surface area contributed by atoms with E-state index in [-0.39, 0.29) is 0 Å². The molecule has 100 valence electrons. The number of aryl methyl sites for hydroxylation is 2. The zero-order chi connectivity index (χ0) is 13.4. The molecule has 1 aliphatic carbocycles. The van der Waals surface area contributed by atoms with Crippen molar-refractivity contribution >= 4 is 40.2 Å². The first-order valence-corrected chi connectivity index (χ1v) is 7.87. The van der Waals surface area contributed by atoms with E-state index in [1.807, 2.05) is 13.0 Å². The molecule has 0 saturated heterocycles. The third kappa shape index (κ3) is 2.73. The zero-order valence-corrected chi connectivity index (χ0v) is 12.9. The van der Waals surface area contributed by atoms with Gasteiger partial charge in [-0.3, -0.25) is 0 Å². The third-order valence-electron chi connectivity index (χ3n) is 3.44. The predicted molar refractivity (Wildman–Crippen MR) is 82.6 cm³/mol. The largest absolute Gasteiger partial charge is 0.377 e. The molecular weight excluding hydrogens is 299 g/mol. The van der Waals surface area contributed by atoms with E-state index in [4.69, 9.17) is 23.2 Å². The summed E-state index contributed by atoms with van der Waals surface area (Å²) in [5.74, 6) is 0. The first-order valence-electron chi connectivity index (χ1n) is 6.30. The topological polar surface area (TPSA) is 24.9 Å². The molecule has 3 rings (SSSR count). The molecule has 2 aromatic rings. The molecule has 0 bridgehead atoms. The quantitative estimate of drug-likeness (QED) is 0.766. The molecule has 2 heterocycles. The lowest BCUT2D eigenvalue weighted by Crippen LogP contribution is -2.15. The maximum atomic E-state index is 6.13. The number of hydrogen-bond acceptors (Lipinski definition) is 3. The van der Waals surface area contributed by atoms with Gasteiger partial charge < -0.3 is 5.32 Å². The molecule has 1 aliphatic rings. The van der Waals surface area contributed by atoms with Crippen molar-refractivity contribution in [2.75, 3.05) is 5.32 Å². The summed E-state index contributed by atoms with van der Waals surface area (Å²) in [6, 6.07) is 4.46. The number of aromatic nitrogens is 1. The van der Waals surface area contributed by atoms with E-state index in [1.54, 1.807) is 17.5 Å². The van der Waals surface area contributed by atoms with Crippen molar-refractivity contribution in [1.82, 2.24) is 4.98 Å². The molecule has 2 aromatic heterocycles. The summed E-state index contributed by atoms with van der Waals surface area (Å²) in [5, 5.41) is 4.11. The second kappa shape index (κ2) is 5.31. The number of fused-ring (bicyclic) bond motifs is 1. The Morgan fingerprint density at radius 2 is 2.21 bits per heavy atom. The lowest BCUT2D eigenvalue weighted by atomic mass is 9.94. The van der Waals surface area contributed by atoms with Crippen LogP contribution in [-0.2, 0) is 6.42 Å². The SMILES string of the molecule is Cc1cc(NC2CCCc3sc(Cl)cc32)cnc1Cl. The number of nitrogens with one attached hydrogen (secondary N) is 1. The van der Waals surface area contributed by atoms with Crippen LogP contribution in [0.25, 0.3) is 0 Å². The summed E-state index contributed by atoms with van der Waals surface area (Å²) in [5.41, 5.74) is 3.35. The van der Waals surface area contributed by atoms with E-state index >= 15 is 0 Å². The van der Waals surface area contributed by atoms with Crippen molar-refractivity contribution in [3.8, 4) is 0 Å². The highest BCUT2D eigenvalue weighted by molar-refractivity contribution is 7.16. The lowest BCUT2D eigenvalue weighted by molar-refractivity contribution is 0.608. The maximum absolute atomic E-state index is 6.13. The Morgan fingerprint density at radius 1 is 1.37 bits per heavy atom. The molecule has 1 atom stereocenters. The number of thiophene rings is 1. The number of hydrogen-bond donors (Lipinski definition) is 1.